The lowest BCUT2D eigenvalue weighted by atomic mass is 10.0. The van der Waals surface area contributed by atoms with Gasteiger partial charge in [-0.25, -0.2) is 0 Å². The molecule has 1 heterocycles. The molecule has 1 aromatic heterocycles. The zero-order chi connectivity index (χ0) is 13.3. The lowest BCUT2D eigenvalue weighted by molar-refractivity contribution is 0.162. The first kappa shape index (κ1) is 13.5. The Morgan fingerprint density at radius 3 is 2.56 bits per heavy atom. The Morgan fingerprint density at radius 2 is 2.06 bits per heavy atom. The number of β-amino-alcohol motifs (C(OH)–C–C–N with tert-alkyl or cyclic N) is 1. The highest BCUT2D eigenvalue weighted by Gasteiger charge is 2.25. The van der Waals surface area contributed by atoms with E-state index in [0.717, 1.165) is 11.3 Å². The number of nitrogens with one attached hydrogen (secondary N) is 1. The molecule has 3 nitrogen and oxygen atoms in total. The van der Waals surface area contributed by atoms with E-state index in [1.165, 1.54) is 18.5 Å². The fourth-order valence-corrected chi connectivity index (χ4v) is 2.06. The molecule has 1 aliphatic rings. The predicted molar refractivity (Wildman–Crippen MR) is 73.7 cm³/mol. The number of rotatable bonds is 4. The number of aromatic nitrogens is 1. The van der Waals surface area contributed by atoms with E-state index >= 15 is 0 Å². The molecule has 0 radical (unpaired) electrons. The van der Waals surface area contributed by atoms with Crippen molar-refractivity contribution >= 4 is 0 Å². The third kappa shape index (κ3) is 3.53. The maximum Gasteiger partial charge on any atom is 0.0932 e. The van der Waals surface area contributed by atoms with Crippen molar-refractivity contribution in [2.75, 3.05) is 6.54 Å². The smallest absolute Gasteiger partial charge is 0.0932 e. The Hall–Kier alpha value is -0.930. The number of hydrogen-bond donors (Lipinski definition) is 2. The fourth-order valence-electron chi connectivity index (χ4n) is 2.06. The minimum absolute atomic E-state index is 0.0241. The van der Waals surface area contributed by atoms with Crippen LogP contribution in [-0.2, 0) is 0 Å². The second kappa shape index (κ2) is 4.98. The molecular weight excluding hydrogens is 224 g/mol. The van der Waals surface area contributed by atoms with E-state index in [1.807, 2.05) is 13.0 Å². The zero-order valence-corrected chi connectivity index (χ0v) is 11.8. The lowest BCUT2D eigenvalue weighted by Crippen LogP contribution is -2.38. The van der Waals surface area contributed by atoms with Crippen LogP contribution in [0.2, 0.25) is 0 Å². The topological polar surface area (TPSA) is 45.2 Å². The number of aryl methyl sites for hydroxylation is 1. The van der Waals surface area contributed by atoms with E-state index < -0.39 is 6.10 Å². The van der Waals surface area contributed by atoms with Crippen molar-refractivity contribution in [3.05, 3.63) is 29.1 Å². The van der Waals surface area contributed by atoms with E-state index in [2.05, 4.69) is 37.1 Å². The summed E-state index contributed by atoms with van der Waals surface area (Å²) < 4.78 is 0. The third-order valence-corrected chi connectivity index (χ3v) is 3.33. The van der Waals surface area contributed by atoms with Gasteiger partial charge in [0.2, 0.25) is 0 Å². The first-order valence-corrected chi connectivity index (χ1v) is 6.77. The number of hydrogen-bond acceptors (Lipinski definition) is 3. The second-order valence-corrected chi connectivity index (χ2v) is 6.33. The van der Waals surface area contributed by atoms with E-state index in [4.69, 9.17) is 0 Å². The minimum atomic E-state index is -0.482. The minimum Gasteiger partial charge on any atom is -0.387 e. The molecule has 2 N–H and O–H groups in total. The Labute approximate surface area is 110 Å². The molecule has 0 unspecified atom stereocenters. The van der Waals surface area contributed by atoms with Crippen molar-refractivity contribution in [1.29, 1.82) is 0 Å². The van der Waals surface area contributed by atoms with Gasteiger partial charge in [-0.15, -0.1) is 0 Å². The first-order chi connectivity index (χ1) is 8.37. The van der Waals surface area contributed by atoms with Gasteiger partial charge in [0.05, 0.1) is 6.10 Å². The van der Waals surface area contributed by atoms with E-state index in [0.29, 0.717) is 12.5 Å². The van der Waals surface area contributed by atoms with Crippen LogP contribution in [0.3, 0.4) is 0 Å². The molecule has 0 saturated heterocycles. The van der Waals surface area contributed by atoms with Crippen LogP contribution in [0.4, 0.5) is 0 Å². The highest BCUT2D eigenvalue weighted by molar-refractivity contribution is 5.27. The summed E-state index contributed by atoms with van der Waals surface area (Å²) in [7, 11) is 0. The van der Waals surface area contributed by atoms with E-state index in [-0.39, 0.29) is 5.54 Å². The van der Waals surface area contributed by atoms with Crippen molar-refractivity contribution in [2.24, 2.45) is 0 Å². The number of aliphatic hydroxyl groups excluding tert-OH is 1. The van der Waals surface area contributed by atoms with Gasteiger partial charge in [0, 0.05) is 35.0 Å². The highest BCUT2D eigenvalue weighted by Crippen LogP contribution is 2.39. The molecule has 0 spiro atoms. The van der Waals surface area contributed by atoms with Crippen molar-refractivity contribution in [1.82, 2.24) is 10.3 Å². The number of aliphatic hydroxyl groups is 1. The van der Waals surface area contributed by atoms with Crippen LogP contribution in [0.5, 0.6) is 0 Å². The van der Waals surface area contributed by atoms with Crippen molar-refractivity contribution in [3.63, 3.8) is 0 Å². The van der Waals surface area contributed by atoms with Crippen LogP contribution < -0.4 is 5.32 Å². The predicted octanol–water partition coefficient (Wildman–Crippen LogP) is 2.69. The molecule has 0 aromatic carbocycles. The second-order valence-electron chi connectivity index (χ2n) is 6.33. The Balaban J connectivity index is 2.03. The summed E-state index contributed by atoms with van der Waals surface area (Å²) in [5.41, 5.74) is 3.11. The SMILES string of the molecule is Cc1nc(C2CC2)ccc1[C@@H](O)CNC(C)(C)C. The molecule has 1 aromatic rings. The van der Waals surface area contributed by atoms with Gasteiger partial charge in [-0.3, -0.25) is 4.98 Å². The summed E-state index contributed by atoms with van der Waals surface area (Å²) in [6.07, 6.45) is 2.05. The first-order valence-electron chi connectivity index (χ1n) is 6.77. The maximum atomic E-state index is 10.2. The van der Waals surface area contributed by atoms with E-state index in [9.17, 15) is 5.11 Å². The Morgan fingerprint density at radius 1 is 1.39 bits per heavy atom. The van der Waals surface area contributed by atoms with Crippen LogP contribution in [0.25, 0.3) is 0 Å². The molecule has 0 aliphatic heterocycles. The molecule has 2 rings (SSSR count). The summed E-state index contributed by atoms with van der Waals surface area (Å²) in [6, 6.07) is 4.10. The summed E-state index contributed by atoms with van der Waals surface area (Å²) in [4.78, 5) is 4.61. The molecule has 0 bridgehead atoms. The number of nitrogens with zero attached hydrogens (tertiary/aromatic N) is 1. The van der Waals surface area contributed by atoms with Gasteiger partial charge < -0.3 is 10.4 Å². The van der Waals surface area contributed by atoms with Gasteiger partial charge in [-0.05, 0) is 46.6 Å². The zero-order valence-electron chi connectivity index (χ0n) is 11.8. The van der Waals surface area contributed by atoms with Crippen LogP contribution >= 0.6 is 0 Å². The Kier molecular flexibility index (Phi) is 3.74. The standard InChI is InChI=1S/C15H24N2O/c1-10-12(14(18)9-16-15(2,3)4)7-8-13(17-10)11-5-6-11/h7-8,11,14,16,18H,5-6,9H2,1-4H3/t14-/m0/s1. The number of pyridine rings is 1. The van der Waals surface area contributed by atoms with Gasteiger partial charge >= 0.3 is 0 Å². The van der Waals surface area contributed by atoms with Crippen molar-refractivity contribution in [2.45, 2.75) is 58.1 Å². The molecule has 3 heteroatoms. The summed E-state index contributed by atoms with van der Waals surface area (Å²) >= 11 is 0. The van der Waals surface area contributed by atoms with Crippen LogP contribution in [0.15, 0.2) is 12.1 Å². The average molecular weight is 248 g/mol. The van der Waals surface area contributed by atoms with Gasteiger partial charge in [-0.1, -0.05) is 6.07 Å². The van der Waals surface area contributed by atoms with Crippen LogP contribution in [-0.4, -0.2) is 22.2 Å². The largest absolute Gasteiger partial charge is 0.387 e. The molecule has 100 valence electrons. The summed E-state index contributed by atoms with van der Waals surface area (Å²) in [5, 5.41) is 13.5. The fraction of sp³-hybridized carbons (Fsp3) is 0.667. The van der Waals surface area contributed by atoms with Crippen LogP contribution in [0, 0.1) is 6.92 Å². The average Bonchev–Trinajstić information content (AvgIpc) is 3.08. The molecule has 1 fully saturated rings. The van der Waals surface area contributed by atoms with Crippen LogP contribution in [0.1, 0.15) is 62.6 Å². The summed E-state index contributed by atoms with van der Waals surface area (Å²) in [5.74, 6) is 0.669. The van der Waals surface area contributed by atoms with Crippen molar-refractivity contribution < 1.29 is 5.11 Å². The molecular formula is C15H24N2O. The van der Waals surface area contributed by atoms with Gasteiger partial charge in [-0.2, -0.15) is 0 Å². The normalized spacial score (nSPS) is 17.8. The molecule has 18 heavy (non-hydrogen) atoms. The quantitative estimate of drug-likeness (QED) is 0.861. The van der Waals surface area contributed by atoms with E-state index in [1.54, 1.807) is 0 Å². The van der Waals surface area contributed by atoms with Crippen molar-refractivity contribution in [3.8, 4) is 0 Å². The molecule has 1 saturated carbocycles. The highest BCUT2D eigenvalue weighted by atomic mass is 16.3. The Bertz CT molecular complexity index is 419. The van der Waals surface area contributed by atoms with Gasteiger partial charge in [0.25, 0.3) is 0 Å². The molecule has 1 atom stereocenters. The monoisotopic (exact) mass is 248 g/mol. The summed E-state index contributed by atoms with van der Waals surface area (Å²) in [6.45, 7) is 8.85. The maximum absolute atomic E-state index is 10.2. The molecule has 1 aliphatic carbocycles. The lowest BCUT2D eigenvalue weighted by Gasteiger charge is -2.23. The van der Waals surface area contributed by atoms with Gasteiger partial charge in [0.1, 0.15) is 0 Å². The molecule has 0 amide bonds. The third-order valence-electron chi connectivity index (χ3n) is 3.33. The van der Waals surface area contributed by atoms with Gasteiger partial charge in [0.15, 0.2) is 0 Å².